The summed E-state index contributed by atoms with van der Waals surface area (Å²) in [6.45, 7) is 3.62. The number of amides is 2. The topological polar surface area (TPSA) is 103 Å². The number of aromatic nitrogens is 3. The van der Waals surface area contributed by atoms with Gasteiger partial charge in [0.1, 0.15) is 11.3 Å². The van der Waals surface area contributed by atoms with Crippen LogP contribution in [0.25, 0.3) is 11.1 Å². The smallest absolute Gasteiger partial charge is 0.254 e. The molecule has 0 bridgehead atoms. The summed E-state index contributed by atoms with van der Waals surface area (Å²) in [6, 6.07) is 7.70. The highest BCUT2D eigenvalue weighted by Crippen LogP contribution is 2.45. The SMILES string of the molecule is CC(=O)N1c2ccc(-c3cnn(C4CC4)c3)c(Oc3ncccc3C(N)=O)c2CCC1C. The van der Waals surface area contributed by atoms with Crippen LogP contribution in [0.15, 0.2) is 42.9 Å². The molecule has 8 heteroatoms. The predicted molar refractivity (Wildman–Crippen MR) is 120 cm³/mol. The zero-order valence-electron chi connectivity index (χ0n) is 18.1. The number of nitrogens with two attached hydrogens (primary N) is 1. The quantitative estimate of drug-likeness (QED) is 0.661. The first-order valence-corrected chi connectivity index (χ1v) is 10.9. The van der Waals surface area contributed by atoms with Crippen molar-refractivity contribution < 1.29 is 14.3 Å². The molecule has 1 aliphatic heterocycles. The number of hydrogen-bond donors (Lipinski definition) is 1. The molecule has 0 spiro atoms. The molecule has 1 unspecified atom stereocenters. The number of carbonyl (C=O) groups excluding carboxylic acids is 2. The van der Waals surface area contributed by atoms with E-state index in [1.165, 1.54) is 0 Å². The molecule has 5 rings (SSSR count). The van der Waals surface area contributed by atoms with E-state index in [1.54, 1.807) is 30.2 Å². The number of ether oxygens (including phenoxy) is 1. The van der Waals surface area contributed by atoms with E-state index < -0.39 is 5.91 Å². The molecular formula is C24H25N5O3. The van der Waals surface area contributed by atoms with Gasteiger partial charge in [-0.2, -0.15) is 5.10 Å². The van der Waals surface area contributed by atoms with E-state index in [0.29, 0.717) is 11.8 Å². The number of hydrogen-bond acceptors (Lipinski definition) is 5. The molecule has 2 aliphatic rings. The van der Waals surface area contributed by atoms with E-state index in [0.717, 1.165) is 48.1 Å². The lowest BCUT2D eigenvalue weighted by Crippen LogP contribution is -2.40. The van der Waals surface area contributed by atoms with Crippen molar-refractivity contribution in [1.82, 2.24) is 14.8 Å². The number of nitrogens with zero attached hydrogens (tertiary/aromatic N) is 4. The predicted octanol–water partition coefficient (Wildman–Crippen LogP) is 3.86. The number of pyridine rings is 1. The molecule has 1 aliphatic carbocycles. The fourth-order valence-corrected chi connectivity index (χ4v) is 4.40. The maximum atomic E-state index is 12.4. The standard InChI is InChI=1S/C24H25N5O3/c1-14-5-8-19-21(29(14)15(2)30)10-9-18(16-12-27-28(13-16)17-6-7-17)22(19)32-24-20(23(25)31)4-3-11-26-24/h3-4,9-14,17H,5-8H2,1-2H3,(H2,25,31). The minimum absolute atomic E-state index is 0.0191. The van der Waals surface area contributed by atoms with Crippen LogP contribution < -0.4 is 15.4 Å². The van der Waals surface area contributed by atoms with Crippen LogP contribution in [0.4, 0.5) is 5.69 Å². The Morgan fingerprint density at radius 3 is 2.72 bits per heavy atom. The van der Waals surface area contributed by atoms with Gasteiger partial charge in [-0.3, -0.25) is 14.3 Å². The van der Waals surface area contributed by atoms with Crippen molar-refractivity contribution in [2.75, 3.05) is 4.90 Å². The Bertz CT molecular complexity index is 1210. The van der Waals surface area contributed by atoms with Crippen molar-refractivity contribution in [1.29, 1.82) is 0 Å². The van der Waals surface area contributed by atoms with Crippen molar-refractivity contribution in [3.8, 4) is 22.8 Å². The van der Waals surface area contributed by atoms with Gasteiger partial charge in [-0.1, -0.05) is 0 Å². The van der Waals surface area contributed by atoms with E-state index in [1.807, 2.05) is 36.1 Å². The maximum Gasteiger partial charge on any atom is 0.254 e. The second-order valence-corrected chi connectivity index (χ2v) is 8.48. The van der Waals surface area contributed by atoms with Gasteiger partial charge >= 0.3 is 0 Å². The van der Waals surface area contributed by atoms with Crippen LogP contribution in [0.3, 0.4) is 0 Å². The average Bonchev–Trinajstić information content (AvgIpc) is 3.50. The molecule has 2 N–H and O–H groups in total. The highest BCUT2D eigenvalue weighted by Gasteiger charge is 2.31. The van der Waals surface area contributed by atoms with Crippen molar-refractivity contribution in [3.05, 3.63) is 54.0 Å². The fraction of sp³-hybridized carbons (Fsp3) is 0.333. The number of rotatable bonds is 5. The van der Waals surface area contributed by atoms with Crippen molar-refractivity contribution in [2.24, 2.45) is 5.73 Å². The Morgan fingerprint density at radius 1 is 1.19 bits per heavy atom. The summed E-state index contributed by atoms with van der Waals surface area (Å²) in [5.41, 5.74) is 9.25. The second kappa shape index (κ2) is 7.78. The van der Waals surface area contributed by atoms with Crippen LogP contribution >= 0.6 is 0 Å². The van der Waals surface area contributed by atoms with Gasteiger partial charge < -0.3 is 15.4 Å². The number of benzene rings is 1. The average molecular weight is 431 g/mol. The van der Waals surface area contributed by atoms with Gasteiger partial charge in [0, 0.05) is 42.0 Å². The van der Waals surface area contributed by atoms with E-state index in [4.69, 9.17) is 10.5 Å². The summed E-state index contributed by atoms with van der Waals surface area (Å²) in [7, 11) is 0. The highest BCUT2D eigenvalue weighted by atomic mass is 16.5. The van der Waals surface area contributed by atoms with Crippen LogP contribution in [0.5, 0.6) is 11.6 Å². The first-order chi connectivity index (χ1) is 15.4. The Morgan fingerprint density at radius 2 is 2.00 bits per heavy atom. The molecule has 164 valence electrons. The Balaban J connectivity index is 1.67. The molecule has 1 saturated carbocycles. The normalized spacial score (nSPS) is 17.7. The first kappa shape index (κ1) is 20.2. The van der Waals surface area contributed by atoms with E-state index in [9.17, 15) is 9.59 Å². The van der Waals surface area contributed by atoms with Crippen LogP contribution in [-0.2, 0) is 11.2 Å². The molecule has 1 fully saturated rings. The minimum atomic E-state index is -0.611. The molecular weight excluding hydrogens is 406 g/mol. The molecule has 2 amide bonds. The molecule has 0 saturated heterocycles. The van der Waals surface area contributed by atoms with Gasteiger partial charge in [0.25, 0.3) is 5.91 Å². The number of primary amides is 1. The van der Waals surface area contributed by atoms with Gasteiger partial charge in [0.2, 0.25) is 11.8 Å². The third kappa shape index (κ3) is 3.51. The van der Waals surface area contributed by atoms with E-state index >= 15 is 0 Å². The minimum Gasteiger partial charge on any atom is -0.437 e. The summed E-state index contributed by atoms with van der Waals surface area (Å²) >= 11 is 0. The van der Waals surface area contributed by atoms with Gasteiger partial charge in [-0.15, -0.1) is 0 Å². The highest BCUT2D eigenvalue weighted by molar-refractivity contribution is 5.96. The first-order valence-electron chi connectivity index (χ1n) is 10.9. The Kier molecular flexibility index (Phi) is 4.92. The summed E-state index contributed by atoms with van der Waals surface area (Å²) in [6.07, 6.45) is 9.22. The number of anilines is 1. The third-order valence-corrected chi connectivity index (χ3v) is 6.16. The lowest BCUT2D eigenvalue weighted by atomic mass is 9.92. The Hall–Kier alpha value is -3.68. The molecule has 1 aromatic carbocycles. The van der Waals surface area contributed by atoms with Crippen LogP contribution in [0.1, 0.15) is 55.1 Å². The largest absolute Gasteiger partial charge is 0.437 e. The fourth-order valence-electron chi connectivity index (χ4n) is 4.40. The zero-order valence-corrected chi connectivity index (χ0v) is 18.1. The molecule has 3 heterocycles. The molecule has 8 nitrogen and oxygen atoms in total. The summed E-state index contributed by atoms with van der Waals surface area (Å²) in [5.74, 6) is 0.101. The molecule has 32 heavy (non-hydrogen) atoms. The van der Waals surface area contributed by atoms with Gasteiger partial charge in [0.05, 0.1) is 17.9 Å². The van der Waals surface area contributed by atoms with Gasteiger partial charge in [0.15, 0.2) is 0 Å². The third-order valence-electron chi connectivity index (χ3n) is 6.16. The monoisotopic (exact) mass is 431 g/mol. The van der Waals surface area contributed by atoms with Crippen molar-refractivity contribution >= 4 is 17.5 Å². The van der Waals surface area contributed by atoms with Crippen LogP contribution in [-0.4, -0.2) is 32.6 Å². The maximum absolute atomic E-state index is 12.4. The zero-order chi connectivity index (χ0) is 22.4. The summed E-state index contributed by atoms with van der Waals surface area (Å²) < 4.78 is 8.30. The van der Waals surface area contributed by atoms with Crippen LogP contribution in [0.2, 0.25) is 0 Å². The Labute approximate surface area is 186 Å². The van der Waals surface area contributed by atoms with Gasteiger partial charge in [-0.05, 0) is 56.9 Å². The van der Waals surface area contributed by atoms with Crippen molar-refractivity contribution in [3.63, 3.8) is 0 Å². The lowest BCUT2D eigenvalue weighted by Gasteiger charge is -2.35. The van der Waals surface area contributed by atoms with Crippen molar-refractivity contribution in [2.45, 2.75) is 51.6 Å². The summed E-state index contributed by atoms with van der Waals surface area (Å²) in [4.78, 5) is 30.5. The van der Waals surface area contributed by atoms with Gasteiger partial charge in [-0.25, -0.2) is 4.98 Å². The number of fused-ring (bicyclic) bond motifs is 1. The number of carbonyl (C=O) groups is 2. The second-order valence-electron chi connectivity index (χ2n) is 8.48. The van der Waals surface area contributed by atoms with E-state index in [2.05, 4.69) is 10.1 Å². The van der Waals surface area contributed by atoms with Crippen LogP contribution in [0, 0.1) is 0 Å². The van der Waals surface area contributed by atoms with E-state index in [-0.39, 0.29) is 23.4 Å². The molecule has 1 atom stereocenters. The summed E-state index contributed by atoms with van der Waals surface area (Å²) in [5, 5.41) is 4.52. The molecule has 0 radical (unpaired) electrons. The molecule has 2 aromatic heterocycles. The molecule has 3 aromatic rings. The lowest BCUT2D eigenvalue weighted by molar-refractivity contribution is -0.117.